The van der Waals surface area contributed by atoms with Crippen molar-refractivity contribution in [3.05, 3.63) is 35.2 Å². The zero-order valence-corrected chi connectivity index (χ0v) is 13.1. The number of anilines is 1. The molecule has 1 N–H and O–H groups in total. The summed E-state index contributed by atoms with van der Waals surface area (Å²) < 4.78 is 10.9. The largest absolute Gasteiger partial charge is 0.508 e. The van der Waals surface area contributed by atoms with E-state index in [1.165, 1.54) is 0 Å². The van der Waals surface area contributed by atoms with Crippen LogP contribution in [0.2, 0.25) is 0 Å². The number of aromatic hydroxyl groups is 1. The molecule has 7 heteroatoms. The predicted octanol–water partition coefficient (Wildman–Crippen LogP) is 3.00. The smallest absolute Gasteiger partial charge is 0.220 e. The van der Waals surface area contributed by atoms with E-state index in [9.17, 15) is 5.11 Å². The lowest BCUT2D eigenvalue weighted by atomic mass is 10.3. The molecule has 23 heavy (non-hydrogen) atoms. The first-order valence-electron chi connectivity index (χ1n) is 7.34. The zero-order valence-electron chi connectivity index (χ0n) is 12.3. The number of phenols is 1. The fourth-order valence-electron chi connectivity index (χ4n) is 2.41. The van der Waals surface area contributed by atoms with Crippen molar-refractivity contribution in [2.45, 2.75) is 0 Å². The van der Waals surface area contributed by atoms with E-state index in [1.807, 2.05) is 18.3 Å². The van der Waals surface area contributed by atoms with Gasteiger partial charge in [-0.05, 0) is 18.2 Å². The molecule has 1 aromatic carbocycles. The minimum Gasteiger partial charge on any atom is -0.508 e. The molecule has 3 heterocycles. The molecule has 1 saturated heterocycles. The Morgan fingerprint density at radius 1 is 1.22 bits per heavy atom. The molecule has 0 bridgehead atoms. The van der Waals surface area contributed by atoms with E-state index in [0.29, 0.717) is 11.5 Å². The van der Waals surface area contributed by atoms with Crippen molar-refractivity contribution in [1.29, 1.82) is 0 Å². The summed E-state index contributed by atoms with van der Waals surface area (Å²) in [5, 5.41) is 10.5. The number of hydrogen-bond acceptors (Lipinski definition) is 7. The topological polar surface area (TPSA) is 71.6 Å². The summed E-state index contributed by atoms with van der Waals surface area (Å²) >= 11 is 1.63. The van der Waals surface area contributed by atoms with Crippen LogP contribution in [0, 0.1) is 0 Å². The third-order valence-corrected chi connectivity index (χ3v) is 4.60. The number of hydrogen-bond donors (Lipinski definition) is 1. The molecule has 118 valence electrons. The van der Waals surface area contributed by atoms with Gasteiger partial charge < -0.3 is 19.2 Å². The number of oxazole rings is 1. The molecule has 0 unspecified atom stereocenters. The van der Waals surface area contributed by atoms with Crippen molar-refractivity contribution >= 4 is 39.7 Å². The highest BCUT2D eigenvalue weighted by Crippen LogP contribution is 2.26. The van der Waals surface area contributed by atoms with Crippen LogP contribution in [0.15, 0.2) is 28.8 Å². The number of rotatable bonds is 3. The fraction of sp³-hybridized carbons (Fsp3) is 0.250. The standard InChI is InChI=1S/C16H15N3O3S/c20-11-1-3-13-14(9-11)22-15(18-13)4-2-12-10-17-16(23-12)19-5-7-21-8-6-19/h1-4,9-10,20H,5-8H2/b4-2+. The van der Waals surface area contributed by atoms with Crippen LogP contribution in [-0.4, -0.2) is 41.4 Å². The number of nitrogens with zero attached hydrogens (tertiary/aromatic N) is 3. The number of ether oxygens (including phenoxy) is 1. The molecule has 0 radical (unpaired) electrons. The average molecular weight is 329 g/mol. The molecule has 0 spiro atoms. The minimum atomic E-state index is 0.168. The summed E-state index contributed by atoms with van der Waals surface area (Å²) in [6, 6.07) is 4.88. The van der Waals surface area contributed by atoms with Crippen LogP contribution in [0.4, 0.5) is 5.13 Å². The highest BCUT2D eigenvalue weighted by atomic mass is 32.1. The number of phenolic OH excluding ortho intramolecular Hbond substituents is 1. The van der Waals surface area contributed by atoms with Crippen molar-refractivity contribution in [2.24, 2.45) is 0 Å². The van der Waals surface area contributed by atoms with E-state index in [4.69, 9.17) is 9.15 Å². The Hall–Kier alpha value is -2.38. The molecule has 0 aliphatic carbocycles. The van der Waals surface area contributed by atoms with E-state index in [0.717, 1.165) is 41.8 Å². The van der Waals surface area contributed by atoms with Crippen LogP contribution in [0.1, 0.15) is 10.8 Å². The maximum Gasteiger partial charge on any atom is 0.220 e. The van der Waals surface area contributed by atoms with E-state index < -0.39 is 0 Å². The van der Waals surface area contributed by atoms with Crippen molar-refractivity contribution < 1.29 is 14.3 Å². The third kappa shape index (κ3) is 3.06. The first kappa shape index (κ1) is 14.2. The molecular weight excluding hydrogens is 314 g/mol. The highest BCUT2D eigenvalue weighted by Gasteiger charge is 2.14. The van der Waals surface area contributed by atoms with Gasteiger partial charge in [-0.25, -0.2) is 9.97 Å². The van der Waals surface area contributed by atoms with Gasteiger partial charge in [-0.2, -0.15) is 0 Å². The molecule has 0 saturated carbocycles. The Kier molecular flexibility index (Phi) is 3.72. The van der Waals surface area contributed by atoms with E-state index in [1.54, 1.807) is 29.5 Å². The second-order valence-electron chi connectivity index (χ2n) is 5.18. The summed E-state index contributed by atoms with van der Waals surface area (Å²) in [4.78, 5) is 12.1. The lowest BCUT2D eigenvalue weighted by Crippen LogP contribution is -2.36. The quantitative estimate of drug-likeness (QED) is 0.796. The normalized spacial score (nSPS) is 15.7. The van der Waals surface area contributed by atoms with Crippen LogP contribution in [0.5, 0.6) is 5.75 Å². The lowest BCUT2D eigenvalue weighted by Gasteiger charge is -2.25. The van der Waals surface area contributed by atoms with Gasteiger partial charge in [-0.3, -0.25) is 0 Å². The molecule has 2 aromatic heterocycles. The summed E-state index contributed by atoms with van der Waals surface area (Å²) in [5.41, 5.74) is 1.30. The minimum absolute atomic E-state index is 0.168. The first-order valence-corrected chi connectivity index (χ1v) is 8.16. The maximum absolute atomic E-state index is 9.45. The van der Waals surface area contributed by atoms with Crippen LogP contribution >= 0.6 is 11.3 Å². The van der Waals surface area contributed by atoms with Crippen LogP contribution < -0.4 is 4.90 Å². The molecule has 1 fully saturated rings. The van der Waals surface area contributed by atoms with Crippen LogP contribution in [-0.2, 0) is 4.74 Å². The number of benzene rings is 1. The predicted molar refractivity (Wildman–Crippen MR) is 89.7 cm³/mol. The van der Waals surface area contributed by atoms with E-state index in [-0.39, 0.29) is 5.75 Å². The van der Waals surface area contributed by atoms with Gasteiger partial charge in [0, 0.05) is 36.3 Å². The third-order valence-electron chi connectivity index (χ3n) is 3.57. The fourth-order valence-corrected chi connectivity index (χ4v) is 3.28. The molecule has 1 aliphatic heterocycles. The number of aromatic nitrogens is 2. The maximum atomic E-state index is 9.45. The van der Waals surface area contributed by atoms with Crippen molar-refractivity contribution in [1.82, 2.24) is 9.97 Å². The van der Waals surface area contributed by atoms with Gasteiger partial charge in [0.05, 0.1) is 13.2 Å². The van der Waals surface area contributed by atoms with Gasteiger partial charge >= 0.3 is 0 Å². The van der Waals surface area contributed by atoms with E-state index >= 15 is 0 Å². The second-order valence-corrected chi connectivity index (χ2v) is 6.22. The van der Waals surface area contributed by atoms with Crippen molar-refractivity contribution in [3.8, 4) is 5.75 Å². The highest BCUT2D eigenvalue weighted by molar-refractivity contribution is 7.16. The number of thiazole rings is 1. The summed E-state index contributed by atoms with van der Waals surface area (Å²) in [7, 11) is 0. The van der Waals surface area contributed by atoms with Crippen LogP contribution in [0.3, 0.4) is 0 Å². The number of morpholine rings is 1. The summed E-state index contributed by atoms with van der Waals surface area (Å²) in [6.45, 7) is 3.26. The Balaban J connectivity index is 1.52. The lowest BCUT2D eigenvalue weighted by molar-refractivity contribution is 0.122. The Labute approximate surface area is 136 Å². The van der Waals surface area contributed by atoms with E-state index in [2.05, 4.69) is 14.9 Å². The molecule has 1 aliphatic rings. The van der Waals surface area contributed by atoms with Gasteiger partial charge in [0.25, 0.3) is 0 Å². The van der Waals surface area contributed by atoms with Crippen molar-refractivity contribution in [3.63, 3.8) is 0 Å². The van der Waals surface area contributed by atoms with Gasteiger partial charge in [-0.1, -0.05) is 11.3 Å². The van der Waals surface area contributed by atoms with Gasteiger partial charge in [0.2, 0.25) is 5.89 Å². The second kappa shape index (κ2) is 6.02. The molecule has 0 amide bonds. The summed E-state index contributed by atoms with van der Waals surface area (Å²) in [5.74, 6) is 0.675. The zero-order chi connectivity index (χ0) is 15.6. The Morgan fingerprint density at radius 3 is 2.96 bits per heavy atom. The Morgan fingerprint density at radius 2 is 2.09 bits per heavy atom. The van der Waals surface area contributed by atoms with Crippen molar-refractivity contribution in [2.75, 3.05) is 31.2 Å². The molecular formula is C16H15N3O3S. The first-order chi connectivity index (χ1) is 11.3. The number of fused-ring (bicyclic) bond motifs is 1. The SMILES string of the molecule is Oc1ccc2nc(/C=C/c3cnc(N4CCOCC4)s3)oc2c1. The molecule has 0 atom stereocenters. The van der Waals surface area contributed by atoms with Gasteiger partial charge in [0.1, 0.15) is 11.3 Å². The molecule has 3 aromatic rings. The molecule has 6 nitrogen and oxygen atoms in total. The van der Waals surface area contributed by atoms with Gasteiger partial charge in [-0.15, -0.1) is 0 Å². The Bertz CT molecular complexity index is 849. The van der Waals surface area contributed by atoms with Crippen LogP contribution in [0.25, 0.3) is 23.3 Å². The monoisotopic (exact) mass is 329 g/mol. The van der Waals surface area contributed by atoms with Gasteiger partial charge in [0.15, 0.2) is 10.7 Å². The summed E-state index contributed by atoms with van der Waals surface area (Å²) in [6.07, 6.45) is 5.60. The average Bonchev–Trinajstić information content (AvgIpc) is 3.20. The molecule has 4 rings (SSSR count).